The summed E-state index contributed by atoms with van der Waals surface area (Å²) in [6, 6.07) is 5.97. The van der Waals surface area contributed by atoms with Crippen molar-refractivity contribution in [2.45, 2.75) is 51.7 Å². The molecule has 1 aromatic rings. The highest BCUT2D eigenvalue weighted by molar-refractivity contribution is 5.79. The van der Waals surface area contributed by atoms with E-state index in [2.05, 4.69) is 5.32 Å². The van der Waals surface area contributed by atoms with Gasteiger partial charge in [0.1, 0.15) is 5.60 Å². The Morgan fingerprint density at radius 2 is 1.81 bits per heavy atom. The molecule has 1 N–H and O–H groups in total. The number of carbonyl (C=O) groups excluding carboxylic acids is 2. The molecule has 1 aromatic carbocycles. The lowest BCUT2D eigenvalue weighted by Crippen LogP contribution is -2.48. The molecule has 0 aliphatic carbocycles. The van der Waals surface area contributed by atoms with Crippen LogP contribution in [0.25, 0.3) is 0 Å². The van der Waals surface area contributed by atoms with Gasteiger partial charge >= 0.3 is 6.09 Å². The summed E-state index contributed by atoms with van der Waals surface area (Å²) >= 11 is 0. The molecule has 0 spiro atoms. The smallest absolute Gasteiger partial charge is 0.410 e. The van der Waals surface area contributed by atoms with E-state index in [1.54, 1.807) is 17.0 Å². The molecule has 1 heterocycles. The van der Waals surface area contributed by atoms with Crippen LogP contribution in [0.3, 0.4) is 0 Å². The molecule has 1 aliphatic heterocycles. The van der Waals surface area contributed by atoms with Crippen molar-refractivity contribution in [1.82, 2.24) is 10.2 Å². The summed E-state index contributed by atoms with van der Waals surface area (Å²) in [7, 11) is 0. The van der Waals surface area contributed by atoms with Crippen molar-refractivity contribution < 1.29 is 19.2 Å². The van der Waals surface area contributed by atoms with Gasteiger partial charge in [0.15, 0.2) is 0 Å². The van der Waals surface area contributed by atoms with Crippen molar-refractivity contribution in [2.75, 3.05) is 13.1 Å². The lowest BCUT2D eigenvalue weighted by Gasteiger charge is -2.33. The lowest BCUT2D eigenvalue weighted by molar-refractivity contribution is -0.384. The minimum atomic E-state index is -0.521. The Balaban J connectivity index is 1.77. The lowest BCUT2D eigenvalue weighted by atomic mass is 10.0. The zero-order chi connectivity index (χ0) is 19.3. The standard InChI is InChI=1S/C18H25N3O5/c1-18(2,3)26-17(23)20-10-8-14(9-11-20)19-16(22)12-13-4-6-15(7-5-13)21(24)25/h4-7,14H,8-12H2,1-3H3,(H,19,22). The number of non-ortho nitro benzene ring substituents is 1. The zero-order valence-electron chi connectivity index (χ0n) is 15.4. The monoisotopic (exact) mass is 363 g/mol. The molecule has 1 fully saturated rings. The quantitative estimate of drug-likeness (QED) is 0.654. The van der Waals surface area contributed by atoms with Crippen LogP contribution in [0.2, 0.25) is 0 Å². The number of hydrogen-bond donors (Lipinski definition) is 1. The first-order valence-electron chi connectivity index (χ1n) is 8.64. The topological polar surface area (TPSA) is 102 Å². The number of nitrogens with zero attached hydrogens (tertiary/aromatic N) is 2. The first-order chi connectivity index (χ1) is 12.1. The van der Waals surface area contributed by atoms with Gasteiger partial charge in [0, 0.05) is 31.3 Å². The number of piperidine rings is 1. The number of rotatable bonds is 4. The normalized spacial score (nSPS) is 15.4. The summed E-state index contributed by atoms with van der Waals surface area (Å²) in [4.78, 5) is 36.0. The third-order valence-electron chi connectivity index (χ3n) is 4.02. The summed E-state index contributed by atoms with van der Waals surface area (Å²) in [6.45, 7) is 6.57. The summed E-state index contributed by atoms with van der Waals surface area (Å²) in [5.74, 6) is -0.130. The van der Waals surface area contributed by atoms with E-state index in [-0.39, 0.29) is 30.2 Å². The van der Waals surface area contributed by atoms with Gasteiger partial charge in [-0.25, -0.2) is 4.79 Å². The van der Waals surface area contributed by atoms with Crippen molar-refractivity contribution in [2.24, 2.45) is 0 Å². The number of nitrogens with one attached hydrogen (secondary N) is 1. The Morgan fingerprint density at radius 3 is 2.31 bits per heavy atom. The minimum absolute atomic E-state index is 0.00340. The van der Waals surface area contributed by atoms with Crippen LogP contribution in [0, 0.1) is 10.1 Å². The number of amides is 2. The van der Waals surface area contributed by atoms with Crippen LogP contribution in [0.1, 0.15) is 39.2 Å². The van der Waals surface area contributed by atoms with Gasteiger partial charge in [-0.1, -0.05) is 12.1 Å². The Labute approximate surface area is 152 Å². The second-order valence-corrected chi connectivity index (χ2v) is 7.41. The van der Waals surface area contributed by atoms with Gasteiger partial charge in [0.05, 0.1) is 11.3 Å². The molecule has 1 saturated heterocycles. The molecule has 0 saturated carbocycles. The van der Waals surface area contributed by atoms with Crippen molar-refractivity contribution in [3.8, 4) is 0 Å². The first-order valence-corrected chi connectivity index (χ1v) is 8.64. The van der Waals surface area contributed by atoms with Crippen molar-refractivity contribution >= 4 is 17.7 Å². The van der Waals surface area contributed by atoms with Crippen LogP contribution in [-0.2, 0) is 16.0 Å². The Bertz CT molecular complexity index is 658. The Morgan fingerprint density at radius 1 is 1.23 bits per heavy atom. The van der Waals surface area contributed by atoms with E-state index in [0.29, 0.717) is 25.9 Å². The van der Waals surface area contributed by atoms with Gasteiger partial charge in [-0.15, -0.1) is 0 Å². The molecule has 2 rings (SSSR count). The van der Waals surface area contributed by atoms with Crippen LogP contribution in [0.15, 0.2) is 24.3 Å². The fourth-order valence-electron chi connectivity index (χ4n) is 2.73. The summed E-state index contributed by atoms with van der Waals surface area (Å²) in [6.07, 6.45) is 1.19. The molecule has 0 radical (unpaired) electrons. The molecule has 142 valence electrons. The predicted molar refractivity (Wildman–Crippen MR) is 95.8 cm³/mol. The summed E-state index contributed by atoms with van der Waals surface area (Å²) < 4.78 is 5.35. The van der Waals surface area contributed by atoms with Gasteiger partial charge in [-0.05, 0) is 39.2 Å². The van der Waals surface area contributed by atoms with E-state index in [9.17, 15) is 19.7 Å². The van der Waals surface area contributed by atoms with Gasteiger partial charge in [-0.2, -0.15) is 0 Å². The molecular formula is C18H25N3O5. The van der Waals surface area contributed by atoms with Gasteiger partial charge in [0.25, 0.3) is 5.69 Å². The van der Waals surface area contributed by atoms with Gasteiger partial charge in [-0.3, -0.25) is 14.9 Å². The molecule has 0 bridgehead atoms. The van der Waals surface area contributed by atoms with E-state index in [1.807, 2.05) is 20.8 Å². The fraction of sp³-hybridized carbons (Fsp3) is 0.556. The maximum absolute atomic E-state index is 12.2. The van der Waals surface area contributed by atoms with Gasteiger partial charge in [0.2, 0.25) is 5.91 Å². The second kappa shape index (κ2) is 8.16. The van der Waals surface area contributed by atoms with E-state index >= 15 is 0 Å². The van der Waals surface area contributed by atoms with Crippen LogP contribution in [-0.4, -0.2) is 46.6 Å². The van der Waals surface area contributed by atoms with E-state index in [4.69, 9.17) is 4.74 Å². The highest BCUT2D eigenvalue weighted by Crippen LogP contribution is 2.16. The summed E-state index contributed by atoms with van der Waals surface area (Å²) in [5, 5.41) is 13.6. The van der Waals surface area contributed by atoms with Crippen LogP contribution >= 0.6 is 0 Å². The van der Waals surface area contributed by atoms with E-state index in [1.165, 1.54) is 12.1 Å². The van der Waals surface area contributed by atoms with E-state index in [0.717, 1.165) is 5.56 Å². The Hall–Kier alpha value is -2.64. The molecule has 0 atom stereocenters. The number of benzene rings is 1. The third-order valence-corrected chi connectivity index (χ3v) is 4.02. The highest BCUT2D eigenvalue weighted by atomic mass is 16.6. The largest absolute Gasteiger partial charge is 0.444 e. The molecule has 1 aliphatic rings. The maximum atomic E-state index is 12.2. The number of likely N-dealkylation sites (tertiary alicyclic amines) is 1. The molecule has 8 nitrogen and oxygen atoms in total. The van der Waals surface area contributed by atoms with E-state index < -0.39 is 10.5 Å². The average molecular weight is 363 g/mol. The third kappa shape index (κ3) is 6.02. The maximum Gasteiger partial charge on any atom is 0.410 e. The SMILES string of the molecule is CC(C)(C)OC(=O)N1CCC(NC(=O)Cc2ccc([N+](=O)[O-])cc2)CC1. The van der Waals surface area contributed by atoms with Crippen LogP contribution in [0.5, 0.6) is 0 Å². The summed E-state index contributed by atoms with van der Waals surface area (Å²) in [5.41, 5.74) is 0.204. The predicted octanol–water partition coefficient (Wildman–Crippen LogP) is 2.65. The van der Waals surface area contributed by atoms with Gasteiger partial charge < -0.3 is 15.0 Å². The average Bonchev–Trinajstić information content (AvgIpc) is 2.54. The number of ether oxygens (including phenoxy) is 1. The fourth-order valence-corrected chi connectivity index (χ4v) is 2.73. The first kappa shape index (κ1) is 19.7. The van der Waals surface area contributed by atoms with Crippen LogP contribution < -0.4 is 5.32 Å². The molecule has 26 heavy (non-hydrogen) atoms. The Kier molecular flexibility index (Phi) is 6.18. The van der Waals surface area contributed by atoms with Crippen molar-refractivity contribution in [3.63, 3.8) is 0 Å². The molecule has 8 heteroatoms. The number of carbonyl (C=O) groups is 2. The minimum Gasteiger partial charge on any atom is -0.444 e. The molecule has 0 unspecified atom stereocenters. The van der Waals surface area contributed by atoms with Crippen molar-refractivity contribution in [3.05, 3.63) is 39.9 Å². The van der Waals surface area contributed by atoms with Crippen molar-refractivity contribution in [1.29, 1.82) is 0 Å². The second-order valence-electron chi connectivity index (χ2n) is 7.41. The molecule has 2 amide bonds. The van der Waals surface area contributed by atoms with Crippen LogP contribution in [0.4, 0.5) is 10.5 Å². The molecular weight excluding hydrogens is 338 g/mol. The highest BCUT2D eigenvalue weighted by Gasteiger charge is 2.27. The number of nitro benzene ring substituents is 1. The number of hydrogen-bond acceptors (Lipinski definition) is 5. The zero-order valence-corrected chi connectivity index (χ0v) is 15.4. The number of nitro groups is 1. The molecule has 0 aromatic heterocycles.